The number of amides is 2. The van der Waals surface area contributed by atoms with Crippen LogP contribution in [0.4, 0.5) is 5.82 Å². The first kappa shape index (κ1) is 20.7. The van der Waals surface area contributed by atoms with Gasteiger partial charge in [-0.05, 0) is 30.7 Å². The van der Waals surface area contributed by atoms with Gasteiger partial charge < -0.3 is 19.7 Å². The first-order chi connectivity index (χ1) is 15.0. The molecule has 0 aliphatic rings. The minimum Gasteiger partial charge on any atom is -0.360 e. The van der Waals surface area contributed by atoms with Crippen LogP contribution in [0.5, 0.6) is 0 Å². The Labute approximate surface area is 183 Å². The number of likely N-dealkylation sites (N-methyl/N-ethyl adjacent to an activating group) is 1. The number of para-hydroxylation sites is 2. The molecule has 2 aromatic heterocycles. The number of aromatic nitrogens is 3. The maximum Gasteiger partial charge on any atom is 0.254 e. The van der Waals surface area contributed by atoms with Crippen molar-refractivity contribution in [1.82, 2.24) is 20.0 Å². The van der Waals surface area contributed by atoms with Crippen LogP contribution in [0.3, 0.4) is 0 Å². The molecule has 158 valence electrons. The number of fused-ring (bicyclic) bond motifs is 1. The second-order valence-corrected chi connectivity index (χ2v) is 8.00. The number of H-pyrrole nitrogens is 1. The Kier molecular flexibility index (Phi) is 6.03. The van der Waals surface area contributed by atoms with Gasteiger partial charge in [0.05, 0.1) is 17.6 Å². The average Bonchev–Trinajstić information content (AvgIpc) is 3.37. The number of benzene rings is 2. The molecule has 31 heavy (non-hydrogen) atoms. The number of nitrogens with one attached hydrogen (secondary N) is 2. The van der Waals surface area contributed by atoms with Crippen molar-refractivity contribution in [3.63, 3.8) is 0 Å². The van der Waals surface area contributed by atoms with E-state index < -0.39 is 0 Å². The fraction of sp³-hybridized carbons (Fsp3) is 0.182. The lowest BCUT2D eigenvalue weighted by Gasteiger charge is -2.18. The number of aromatic amines is 1. The Balaban J connectivity index is 1.41. The van der Waals surface area contributed by atoms with E-state index >= 15 is 0 Å². The first-order valence-corrected chi connectivity index (χ1v) is 10.6. The van der Waals surface area contributed by atoms with Gasteiger partial charge in [-0.3, -0.25) is 9.59 Å². The van der Waals surface area contributed by atoms with Crippen LogP contribution in [0.2, 0.25) is 0 Å². The molecule has 2 aromatic carbocycles. The predicted octanol–water partition coefficient (Wildman–Crippen LogP) is 3.86. The molecule has 0 atom stereocenters. The van der Waals surface area contributed by atoms with E-state index in [9.17, 15) is 9.59 Å². The number of nitrogens with zero attached hydrogens (tertiary/aromatic N) is 3. The van der Waals surface area contributed by atoms with Gasteiger partial charge in [-0.1, -0.05) is 47.3 Å². The van der Waals surface area contributed by atoms with E-state index in [0.717, 1.165) is 21.8 Å². The largest absolute Gasteiger partial charge is 0.360 e. The number of hydrogen-bond acceptors (Lipinski definition) is 6. The van der Waals surface area contributed by atoms with Gasteiger partial charge in [0, 0.05) is 24.4 Å². The molecule has 0 saturated carbocycles. The SMILES string of the molecule is Cc1cc(NC(=O)CN(C)C(=O)c2ccccc2CSc2nc3ccccc3[nH]2)no1. The van der Waals surface area contributed by atoms with E-state index in [1.807, 2.05) is 42.5 Å². The maximum absolute atomic E-state index is 13.0. The summed E-state index contributed by atoms with van der Waals surface area (Å²) in [5, 5.41) is 7.14. The van der Waals surface area contributed by atoms with E-state index in [2.05, 4.69) is 20.4 Å². The van der Waals surface area contributed by atoms with Crippen molar-refractivity contribution in [1.29, 1.82) is 0 Å². The fourth-order valence-electron chi connectivity index (χ4n) is 3.10. The summed E-state index contributed by atoms with van der Waals surface area (Å²) in [5.41, 5.74) is 3.31. The second-order valence-electron chi connectivity index (χ2n) is 7.04. The van der Waals surface area contributed by atoms with Crippen LogP contribution in [-0.2, 0) is 10.5 Å². The Bertz CT molecular complexity index is 1200. The molecule has 0 unspecified atom stereocenters. The number of thioether (sulfide) groups is 1. The van der Waals surface area contributed by atoms with Crippen LogP contribution in [0, 0.1) is 6.92 Å². The van der Waals surface area contributed by atoms with Gasteiger partial charge in [-0.25, -0.2) is 4.98 Å². The van der Waals surface area contributed by atoms with Crippen LogP contribution in [-0.4, -0.2) is 45.4 Å². The van der Waals surface area contributed by atoms with Crippen LogP contribution >= 0.6 is 11.8 Å². The highest BCUT2D eigenvalue weighted by atomic mass is 32.2. The third kappa shape index (κ3) is 4.95. The van der Waals surface area contributed by atoms with E-state index in [1.54, 1.807) is 26.1 Å². The lowest BCUT2D eigenvalue weighted by molar-refractivity contribution is -0.116. The molecule has 0 bridgehead atoms. The van der Waals surface area contributed by atoms with Gasteiger partial charge >= 0.3 is 0 Å². The third-order valence-electron chi connectivity index (χ3n) is 4.60. The van der Waals surface area contributed by atoms with Gasteiger partial charge in [-0.2, -0.15) is 0 Å². The van der Waals surface area contributed by atoms with Crippen LogP contribution < -0.4 is 5.32 Å². The zero-order valence-electron chi connectivity index (χ0n) is 17.1. The highest BCUT2D eigenvalue weighted by Gasteiger charge is 2.19. The number of carbonyl (C=O) groups excluding carboxylic acids is 2. The molecule has 8 nitrogen and oxygen atoms in total. The Morgan fingerprint density at radius 1 is 1.16 bits per heavy atom. The topological polar surface area (TPSA) is 104 Å². The van der Waals surface area contributed by atoms with Crippen molar-refractivity contribution in [3.05, 3.63) is 71.5 Å². The number of aryl methyl sites for hydroxylation is 1. The van der Waals surface area contributed by atoms with Crippen molar-refractivity contribution in [2.24, 2.45) is 0 Å². The number of hydrogen-bond donors (Lipinski definition) is 2. The van der Waals surface area contributed by atoms with Crippen LogP contribution in [0.15, 0.2) is 64.3 Å². The predicted molar refractivity (Wildman–Crippen MR) is 119 cm³/mol. The van der Waals surface area contributed by atoms with E-state index in [-0.39, 0.29) is 18.4 Å². The summed E-state index contributed by atoms with van der Waals surface area (Å²) in [4.78, 5) is 34.5. The van der Waals surface area contributed by atoms with Gasteiger partial charge in [-0.15, -0.1) is 0 Å². The van der Waals surface area contributed by atoms with Crippen molar-refractivity contribution in [2.45, 2.75) is 17.8 Å². The molecule has 0 aliphatic heterocycles. The lowest BCUT2D eigenvalue weighted by Crippen LogP contribution is -2.35. The molecule has 0 fully saturated rings. The maximum atomic E-state index is 13.0. The molecule has 0 radical (unpaired) electrons. The molecular formula is C22H21N5O3S. The number of imidazole rings is 1. The highest BCUT2D eigenvalue weighted by Crippen LogP contribution is 2.25. The Morgan fingerprint density at radius 3 is 2.71 bits per heavy atom. The molecule has 0 aliphatic carbocycles. The van der Waals surface area contributed by atoms with Crippen LogP contribution in [0.25, 0.3) is 11.0 Å². The average molecular weight is 436 g/mol. The molecule has 2 N–H and O–H groups in total. The molecular weight excluding hydrogens is 414 g/mol. The monoisotopic (exact) mass is 435 g/mol. The summed E-state index contributed by atoms with van der Waals surface area (Å²) in [5.74, 6) is 0.909. The van der Waals surface area contributed by atoms with Crippen molar-refractivity contribution in [2.75, 3.05) is 18.9 Å². The Hall–Kier alpha value is -3.59. The molecule has 2 heterocycles. The summed E-state index contributed by atoms with van der Waals surface area (Å²) in [6, 6.07) is 16.8. The molecule has 0 spiro atoms. The minimum atomic E-state index is -0.349. The van der Waals surface area contributed by atoms with Crippen molar-refractivity contribution >= 4 is 40.4 Å². The zero-order valence-corrected chi connectivity index (χ0v) is 17.9. The number of rotatable bonds is 7. The summed E-state index contributed by atoms with van der Waals surface area (Å²) in [6.45, 7) is 1.63. The smallest absolute Gasteiger partial charge is 0.254 e. The molecule has 2 amide bonds. The summed E-state index contributed by atoms with van der Waals surface area (Å²) in [6.07, 6.45) is 0. The molecule has 9 heteroatoms. The number of anilines is 1. The summed E-state index contributed by atoms with van der Waals surface area (Å²) in [7, 11) is 1.60. The summed E-state index contributed by atoms with van der Waals surface area (Å²) < 4.78 is 4.93. The lowest BCUT2D eigenvalue weighted by atomic mass is 10.1. The van der Waals surface area contributed by atoms with Gasteiger partial charge in [0.2, 0.25) is 5.91 Å². The van der Waals surface area contributed by atoms with Gasteiger partial charge in [0.1, 0.15) is 5.76 Å². The van der Waals surface area contributed by atoms with Crippen LogP contribution in [0.1, 0.15) is 21.7 Å². The highest BCUT2D eigenvalue weighted by molar-refractivity contribution is 7.98. The summed E-state index contributed by atoms with van der Waals surface area (Å²) >= 11 is 1.53. The third-order valence-corrected chi connectivity index (χ3v) is 5.52. The zero-order chi connectivity index (χ0) is 21.8. The molecule has 4 rings (SSSR count). The fourth-order valence-corrected chi connectivity index (χ4v) is 3.99. The standard InChI is InChI=1S/C22H21N5O3S/c1-14-11-19(26-30-14)25-20(28)12-27(2)21(29)16-8-4-3-7-15(16)13-31-22-23-17-9-5-6-10-18(17)24-22/h3-11H,12-13H2,1-2H3,(H,23,24)(H,25,26,28). The molecule has 4 aromatic rings. The quantitative estimate of drug-likeness (QED) is 0.427. The van der Waals surface area contributed by atoms with E-state index in [4.69, 9.17) is 4.52 Å². The van der Waals surface area contributed by atoms with Gasteiger partial charge in [0.25, 0.3) is 5.91 Å². The van der Waals surface area contributed by atoms with E-state index in [1.165, 1.54) is 16.7 Å². The van der Waals surface area contributed by atoms with Crippen molar-refractivity contribution < 1.29 is 14.1 Å². The van der Waals surface area contributed by atoms with E-state index in [0.29, 0.717) is 22.9 Å². The normalized spacial score (nSPS) is 10.9. The van der Waals surface area contributed by atoms with Gasteiger partial charge in [0.15, 0.2) is 11.0 Å². The minimum absolute atomic E-state index is 0.101. The number of carbonyl (C=O) groups is 2. The van der Waals surface area contributed by atoms with Crippen molar-refractivity contribution in [3.8, 4) is 0 Å². The molecule has 0 saturated heterocycles. The first-order valence-electron chi connectivity index (χ1n) is 9.63. The second kappa shape index (κ2) is 9.05. The Morgan fingerprint density at radius 2 is 1.94 bits per heavy atom.